The Kier molecular flexibility index (Phi) is 4.71. The monoisotopic (exact) mass is 361 g/mol. The molecule has 4 nitrogen and oxygen atoms in total. The minimum atomic E-state index is -0.230. The van der Waals surface area contributed by atoms with Crippen LogP contribution in [-0.4, -0.2) is 19.6 Å². The Bertz CT molecular complexity index is 982. The summed E-state index contributed by atoms with van der Waals surface area (Å²) in [5.74, 6) is 1.50. The minimum Gasteiger partial charge on any atom is -0.497 e. The Hall–Kier alpha value is -3.01. The molecule has 27 heavy (non-hydrogen) atoms. The number of methoxy groups -OCH3 is 1. The first kappa shape index (κ1) is 17.4. The van der Waals surface area contributed by atoms with E-state index in [9.17, 15) is 4.79 Å². The molecule has 0 fully saturated rings. The number of ether oxygens (including phenoxy) is 2. The Morgan fingerprint density at radius 3 is 2.74 bits per heavy atom. The van der Waals surface area contributed by atoms with Gasteiger partial charge in [-0.2, -0.15) is 0 Å². The van der Waals surface area contributed by atoms with Crippen LogP contribution in [0.5, 0.6) is 11.5 Å². The van der Waals surface area contributed by atoms with Gasteiger partial charge in [-0.3, -0.25) is 4.79 Å². The molecular formula is C23H23NO3. The molecule has 1 N–H and O–H groups in total. The molecule has 0 bridgehead atoms. The van der Waals surface area contributed by atoms with Crippen LogP contribution in [0.15, 0.2) is 60.7 Å². The van der Waals surface area contributed by atoms with Gasteiger partial charge in [0.1, 0.15) is 11.5 Å². The van der Waals surface area contributed by atoms with E-state index in [4.69, 9.17) is 9.47 Å². The summed E-state index contributed by atoms with van der Waals surface area (Å²) in [6.45, 7) is 2.57. The van der Waals surface area contributed by atoms with Crippen LogP contribution in [0.4, 0.5) is 0 Å². The van der Waals surface area contributed by atoms with Crippen molar-refractivity contribution >= 4 is 16.7 Å². The molecule has 3 aromatic rings. The molecule has 4 heteroatoms. The normalized spacial score (nSPS) is 16.9. The summed E-state index contributed by atoms with van der Waals surface area (Å²) in [5.41, 5.74) is 2.06. The van der Waals surface area contributed by atoms with E-state index in [1.165, 1.54) is 0 Å². The van der Waals surface area contributed by atoms with Crippen molar-refractivity contribution in [3.05, 3.63) is 71.8 Å². The number of hydrogen-bond donors (Lipinski definition) is 1. The van der Waals surface area contributed by atoms with E-state index >= 15 is 0 Å². The second-order valence-electron chi connectivity index (χ2n) is 6.93. The number of rotatable bonds is 4. The molecule has 0 unspecified atom stereocenters. The van der Waals surface area contributed by atoms with Gasteiger partial charge in [-0.15, -0.1) is 0 Å². The molecule has 0 aromatic heterocycles. The highest BCUT2D eigenvalue weighted by atomic mass is 16.5. The SMILES string of the molecule is COc1ccc2cc([C@@H](C)C(=O)N[C@H]3CCOc4ccccc43)ccc2c1. The molecule has 0 radical (unpaired) electrons. The number of fused-ring (bicyclic) bond motifs is 2. The summed E-state index contributed by atoms with van der Waals surface area (Å²) < 4.78 is 11.0. The third-order valence-electron chi connectivity index (χ3n) is 5.24. The highest BCUT2D eigenvalue weighted by Crippen LogP contribution is 2.32. The first-order valence-electron chi connectivity index (χ1n) is 9.25. The van der Waals surface area contributed by atoms with E-state index in [1.807, 2.05) is 61.5 Å². The van der Waals surface area contributed by atoms with E-state index in [1.54, 1.807) is 7.11 Å². The number of carbonyl (C=O) groups is 1. The lowest BCUT2D eigenvalue weighted by Gasteiger charge is -2.27. The van der Waals surface area contributed by atoms with E-state index in [0.717, 1.165) is 39.8 Å². The van der Waals surface area contributed by atoms with Gasteiger partial charge < -0.3 is 14.8 Å². The zero-order valence-corrected chi connectivity index (χ0v) is 15.6. The van der Waals surface area contributed by atoms with Crippen LogP contribution in [0.2, 0.25) is 0 Å². The van der Waals surface area contributed by atoms with Crippen LogP contribution in [0.25, 0.3) is 10.8 Å². The highest BCUT2D eigenvalue weighted by Gasteiger charge is 2.25. The fraction of sp³-hybridized carbons (Fsp3) is 0.261. The fourth-order valence-electron chi connectivity index (χ4n) is 3.58. The maximum atomic E-state index is 12.9. The zero-order valence-electron chi connectivity index (χ0n) is 15.6. The van der Waals surface area contributed by atoms with Crippen molar-refractivity contribution in [2.24, 2.45) is 0 Å². The first-order valence-corrected chi connectivity index (χ1v) is 9.25. The number of benzene rings is 3. The van der Waals surface area contributed by atoms with E-state index in [-0.39, 0.29) is 17.9 Å². The van der Waals surface area contributed by atoms with Crippen molar-refractivity contribution in [2.75, 3.05) is 13.7 Å². The van der Waals surface area contributed by atoms with Gasteiger partial charge in [0, 0.05) is 12.0 Å². The van der Waals surface area contributed by atoms with Gasteiger partial charge >= 0.3 is 0 Å². The maximum Gasteiger partial charge on any atom is 0.227 e. The van der Waals surface area contributed by atoms with Gasteiger partial charge in [-0.25, -0.2) is 0 Å². The van der Waals surface area contributed by atoms with E-state index in [0.29, 0.717) is 6.61 Å². The number of amides is 1. The summed E-state index contributed by atoms with van der Waals surface area (Å²) in [5, 5.41) is 5.40. The fourth-order valence-corrected chi connectivity index (χ4v) is 3.58. The molecule has 4 rings (SSSR count). The van der Waals surface area contributed by atoms with Gasteiger partial charge in [-0.1, -0.05) is 42.5 Å². The van der Waals surface area contributed by atoms with Crippen molar-refractivity contribution < 1.29 is 14.3 Å². The van der Waals surface area contributed by atoms with Crippen LogP contribution in [0, 0.1) is 0 Å². The average Bonchev–Trinajstić information content (AvgIpc) is 2.72. The van der Waals surface area contributed by atoms with Crippen molar-refractivity contribution in [1.29, 1.82) is 0 Å². The summed E-state index contributed by atoms with van der Waals surface area (Å²) >= 11 is 0. The lowest BCUT2D eigenvalue weighted by atomic mass is 9.95. The lowest BCUT2D eigenvalue weighted by Crippen LogP contribution is -2.34. The number of para-hydroxylation sites is 1. The zero-order chi connectivity index (χ0) is 18.8. The molecule has 1 amide bonds. The van der Waals surface area contributed by atoms with Crippen LogP contribution < -0.4 is 14.8 Å². The molecule has 2 atom stereocenters. The molecular weight excluding hydrogens is 338 g/mol. The Morgan fingerprint density at radius 1 is 1.11 bits per heavy atom. The standard InChI is InChI=1S/C23H23NO3/c1-15(16-7-8-18-14-19(26-2)10-9-17(18)13-16)23(25)24-21-11-12-27-22-6-4-3-5-20(21)22/h3-10,13-15,21H,11-12H2,1-2H3,(H,24,25)/t15-,21+/m1/s1. The summed E-state index contributed by atoms with van der Waals surface area (Å²) in [6, 6.07) is 20.0. The van der Waals surface area contributed by atoms with Gasteiger partial charge in [0.05, 0.1) is 25.7 Å². The maximum absolute atomic E-state index is 12.9. The largest absolute Gasteiger partial charge is 0.497 e. The average molecular weight is 361 g/mol. The number of hydrogen-bond acceptors (Lipinski definition) is 3. The predicted molar refractivity (Wildman–Crippen MR) is 106 cm³/mol. The first-order chi connectivity index (χ1) is 13.2. The molecule has 0 saturated carbocycles. The second-order valence-corrected chi connectivity index (χ2v) is 6.93. The predicted octanol–water partition coefficient (Wildman–Crippen LogP) is 4.59. The molecule has 1 heterocycles. The van der Waals surface area contributed by atoms with E-state index < -0.39 is 0 Å². The topological polar surface area (TPSA) is 47.6 Å². The summed E-state index contributed by atoms with van der Waals surface area (Å²) in [4.78, 5) is 12.9. The van der Waals surface area contributed by atoms with Gasteiger partial charge in [0.15, 0.2) is 0 Å². The third-order valence-corrected chi connectivity index (χ3v) is 5.24. The molecule has 3 aromatic carbocycles. The van der Waals surface area contributed by atoms with Crippen molar-refractivity contribution in [2.45, 2.75) is 25.3 Å². The van der Waals surface area contributed by atoms with Crippen LogP contribution in [-0.2, 0) is 4.79 Å². The summed E-state index contributed by atoms with van der Waals surface area (Å²) in [7, 11) is 1.66. The van der Waals surface area contributed by atoms with Crippen LogP contribution in [0.3, 0.4) is 0 Å². The van der Waals surface area contributed by atoms with Crippen LogP contribution in [0.1, 0.15) is 36.4 Å². The van der Waals surface area contributed by atoms with Crippen molar-refractivity contribution in [3.8, 4) is 11.5 Å². The molecule has 0 spiro atoms. The molecule has 0 saturated heterocycles. The van der Waals surface area contributed by atoms with Crippen molar-refractivity contribution in [3.63, 3.8) is 0 Å². The summed E-state index contributed by atoms with van der Waals surface area (Å²) in [6.07, 6.45) is 0.785. The van der Waals surface area contributed by atoms with Crippen LogP contribution >= 0.6 is 0 Å². The molecule has 0 aliphatic carbocycles. The molecule has 1 aliphatic rings. The second kappa shape index (κ2) is 7.31. The molecule has 138 valence electrons. The minimum absolute atomic E-state index is 0.00498. The van der Waals surface area contributed by atoms with E-state index in [2.05, 4.69) is 11.4 Å². The Labute approximate surface area is 159 Å². The van der Waals surface area contributed by atoms with Gasteiger partial charge in [-0.05, 0) is 41.5 Å². The third kappa shape index (κ3) is 3.47. The number of carbonyl (C=O) groups excluding carboxylic acids is 1. The highest BCUT2D eigenvalue weighted by molar-refractivity contribution is 5.88. The van der Waals surface area contributed by atoms with Crippen molar-refractivity contribution in [1.82, 2.24) is 5.32 Å². The quantitative estimate of drug-likeness (QED) is 0.739. The smallest absolute Gasteiger partial charge is 0.227 e. The van der Waals surface area contributed by atoms with Gasteiger partial charge in [0.25, 0.3) is 0 Å². The Morgan fingerprint density at radius 2 is 1.89 bits per heavy atom. The van der Waals surface area contributed by atoms with Gasteiger partial charge in [0.2, 0.25) is 5.91 Å². The number of nitrogens with one attached hydrogen (secondary N) is 1. The lowest BCUT2D eigenvalue weighted by molar-refractivity contribution is -0.123. The molecule has 1 aliphatic heterocycles. The Balaban J connectivity index is 1.53.